The number of benzene rings is 1. The van der Waals surface area contributed by atoms with E-state index in [1.807, 2.05) is 6.92 Å². The molecule has 0 bridgehead atoms. The molecule has 1 heterocycles. The number of nitrogens with zero attached hydrogens (tertiary/aromatic N) is 3. The van der Waals surface area contributed by atoms with E-state index in [1.54, 1.807) is 11.8 Å². The standard InChI is InChI=1S/C17H18F3N3O/c1-3-23(16(24)15-10-21-11-22-12(15)2)9-8-13-4-6-14(7-5-13)17(18,19)20/h4-7,10-11H,3,8-9H2,1-2H3. The average molecular weight is 337 g/mol. The van der Waals surface area contributed by atoms with Gasteiger partial charge in [-0.2, -0.15) is 13.2 Å². The highest BCUT2D eigenvalue weighted by molar-refractivity contribution is 5.94. The van der Waals surface area contributed by atoms with Crippen LogP contribution < -0.4 is 0 Å². The fourth-order valence-electron chi connectivity index (χ4n) is 2.30. The largest absolute Gasteiger partial charge is 0.416 e. The Bertz CT molecular complexity index is 699. The van der Waals surface area contributed by atoms with Gasteiger partial charge in [-0.1, -0.05) is 12.1 Å². The smallest absolute Gasteiger partial charge is 0.338 e. The number of hydrogen-bond donors (Lipinski definition) is 0. The number of alkyl halides is 3. The van der Waals surface area contributed by atoms with Crippen LogP contribution in [0.15, 0.2) is 36.8 Å². The molecule has 4 nitrogen and oxygen atoms in total. The second kappa shape index (κ2) is 7.42. The molecule has 1 amide bonds. The highest BCUT2D eigenvalue weighted by Crippen LogP contribution is 2.29. The van der Waals surface area contributed by atoms with Crippen LogP contribution in [0.4, 0.5) is 13.2 Å². The predicted octanol–water partition coefficient (Wildman–Crippen LogP) is 3.51. The molecule has 24 heavy (non-hydrogen) atoms. The molecule has 0 aliphatic heterocycles. The summed E-state index contributed by atoms with van der Waals surface area (Å²) in [5.74, 6) is -0.178. The molecule has 0 aliphatic rings. The van der Waals surface area contributed by atoms with Gasteiger partial charge in [-0.3, -0.25) is 4.79 Å². The minimum Gasteiger partial charge on any atom is -0.338 e. The molecule has 0 saturated heterocycles. The molecule has 1 aromatic heterocycles. The first kappa shape index (κ1) is 17.9. The van der Waals surface area contributed by atoms with Crippen LogP contribution in [0, 0.1) is 6.92 Å². The molecule has 1 aromatic carbocycles. The lowest BCUT2D eigenvalue weighted by molar-refractivity contribution is -0.137. The number of carbonyl (C=O) groups excluding carboxylic acids is 1. The lowest BCUT2D eigenvalue weighted by Gasteiger charge is -2.21. The van der Waals surface area contributed by atoms with Crippen molar-refractivity contribution >= 4 is 5.91 Å². The monoisotopic (exact) mass is 337 g/mol. The first-order chi connectivity index (χ1) is 11.3. The average Bonchev–Trinajstić information content (AvgIpc) is 2.55. The topological polar surface area (TPSA) is 46.1 Å². The van der Waals surface area contributed by atoms with Gasteiger partial charge in [0.1, 0.15) is 6.33 Å². The zero-order chi connectivity index (χ0) is 17.7. The van der Waals surface area contributed by atoms with Gasteiger partial charge in [0.25, 0.3) is 5.91 Å². The highest BCUT2D eigenvalue weighted by Gasteiger charge is 2.29. The molecule has 7 heteroatoms. The van der Waals surface area contributed by atoms with Crippen molar-refractivity contribution < 1.29 is 18.0 Å². The minimum absolute atomic E-state index is 0.178. The number of rotatable bonds is 5. The van der Waals surface area contributed by atoms with Gasteiger partial charge in [0.05, 0.1) is 16.8 Å². The number of halogens is 3. The lowest BCUT2D eigenvalue weighted by Crippen LogP contribution is -2.33. The van der Waals surface area contributed by atoms with Crippen molar-refractivity contribution in [2.75, 3.05) is 13.1 Å². The highest BCUT2D eigenvalue weighted by atomic mass is 19.4. The number of likely N-dealkylation sites (N-methyl/N-ethyl adjacent to an activating group) is 1. The Hall–Kier alpha value is -2.44. The Morgan fingerprint density at radius 1 is 1.21 bits per heavy atom. The summed E-state index contributed by atoms with van der Waals surface area (Å²) in [5, 5.41) is 0. The SMILES string of the molecule is CCN(CCc1ccc(C(F)(F)F)cc1)C(=O)c1cncnc1C. The van der Waals surface area contributed by atoms with Gasteiger partial charge < -0.3 is 4.90 Å². The Balaban J connectivity index is 2.04. The summed E-state index contributed by atoms with van der Waals surface area (Å²) in [6.45, 7) is 4.49. The summed E-state index contributed by atoms with van der Waals surface area (Å²) in [7, 11) is 0. The number of carbonyl (C=O) groups is 1. The number of amides is 1. The molecular formula is C17H18F3N3O. The quantitative estimate of drug-likeness (QED) is 0.839. The van der Waals surface area contributed by atoms with Gasteiger partial charge in [0, 0.05) is 19.3 Å². The van der Waals surface area contributed by atoms with E-state index in [-0.39, 0.29) is 5.91 Å². The molecule has 0 fully saturated rings. The van der Waals surface area contributed by atoms with E-state index >= 15 is 0 Å². The van der Waals surface area contributed by atoms with E-state index in [4.69, 9.17) is 0 Å². The molecule has 2 rings (SSSR count). The van der Waals surface area contributed by atoms with Crippen molar-refractivity contribution in [3.05, 3.63) is 59.2 Å². The molecule has 0 spiro atoms. The summed E-state index contributed by atoms with van der Waals surface area (Å²) in [6, 6.07) is 5.00. The second-order valence-electron chi connectivity index (χ2n) is 5.35. The maximum atomic E-state index is 12.6. The first-order valence-electron chi connectivity index (χ1n) is 7.55. The molecule has 0 saturated carbocycles. The van der Waals surface area contributed by atoms with E-state index in [0.717, 1.165) is 17.7 Å². The molecular weight excluding hydrogens is 319 g/mol. The predicted molar refractivity (Wildman–Crippen MR) is 83.5 cm³/mol. The van der Waals surface area contributed by atoms with Gasteiger partial charge in [-0.15, -0.1) is 0 Å². The zero-order valence-corrected chi connectivity index (χ0v) is 13.5. The van der Waals surface area contributed by atoms with E-state index in [0.29, 0.717) is 30.8 Å². The van der Waals surface area contributed by atoms with E-state index in [2.05, 4.69) is 9.97 Å². The summed E-state index contributed by atoms with van der Waals surface area (Å²) < 4.78 is 37.7. The molecule has 2 aromatic rings. The van der Waals surface area contributed by atoms with Crippen molar-refractivity contribution in [3.8, 4) is 0 Å². The Morgan fingerprint density at radius 2 is 1.88 bits per heavy atom. The third-order valence-electron chi connectivity index (χ3n) is 3.76. The van der Waals surface area contributed by atoms with E-state index < -0.39 is 11.7 Å². The van der Waals surface area contributed by atoms with Crippen LogP contribution in [0.3, 0.4) is 0 Å². The van der Waals surface area contributed by atoms with Crippen molar-refractivity contribution in [2.45, 2.75) is 26.4 Å². The number of aromatic nitrogens is 2. The molecule has 0 unspecified atom stereocenters. The third-order valence-corrected chi connectivity index (χ3v) is 3.76. The Kier molecular flexibility index (Phi) is 5.54. The van der Waals surface area contributed by atoms with Crippen LogP contribution in [-0.4, -0.2) is 33.9 Å². The van der Waals surface area contributed by atoms with Crippen LogP contribution in [0.2, 0.25) is 0 Å². The third kappa shape index (κ3) is 4.31. The van der Waals surface area contributed by atoms with Gasteiger partial charge >= 0.3 is 6.18 Å². The molecule has 0 aliphatic carbocycles. The normalized spacial score (nSPS) is 11.4. The van der Waals surface area contributed by atoms with Crippen LogP contribution in [0.25, 0.3) is 0 Å². The maximum Gasteiger partial charge on any atom is 0.416 e. The second-order valence-corrected chi connectivity index (χ2v) is 5.35. The number of hydrogen-bond acceptors (Lipinski definition) is 3. The van der Waals surface area contributed by atoms with Gasteiger partial charge in [-0.25, -0.2) is 9.97 Å². The molecule has 0 radical (unpaired) electrons. The fourth-order valence-corrected chi connectivity index (χ4v) is 2.30. The summed E-state index contributed by atoms with van der Waals surface area (Å²) in [5.41, 5.74) is 1.11. The Labute approximate surface area is 138 Å². The first-order valence-corrected chi connectivity index (χ1v) is 7.55. The maximum absolute atomic E-state index is 12.6. The van der Waals surface area contributed by atoms with E-state index in [1.165, 1.54) is 24.7 Å². The number of aryl methyl sites for hydroxylation is 1. The molecule has 0 N–H and O–H groups in total. The van der Waals surface area contributed by atoms with Gasteiger partial charge in [0.2, 0.25) is 0 Å². The fraction of sp³-hybridized carbons (Fsp3) is 0.353. The van der Waals surface area contributed by atoms with E-state index in [9.17, 15) is 18.0 Å². The summed E-state index contributed by atoms with van der Waals surface area (Å²) in [4.78, 5) is 22.0. The zero-order valence-electron chi connectivity index (χ0n) is 13.5. The van der Waals surface area contributed by atoms with Crippen molar-refractivity contribution in [1.82, 2.24) is 14.9 Å². The van der Waals surface area contributed by atoms with Gasteiger partial charge in [-0.05, 0) is 38.0 Å². The Morgan fingerprint density at radius 3 is 2.42 bits per heavy atom. The van der Waals surface area contributed by atoms with Crippen LogP contribution >= 0.6 is 0 Å². The molecule has 0 atom stereocenters. The van der Waals surface area contributed by atoms with Crippen LogP contribution in [0.1, 0.15) is 34.1 Å². The summed E-state index contributed by atoms with van der Waals surface area (Å²) in [6.07, 6.45) is -1.00. The minimum atomic E-state index is -4.34. The summed E-state index contributed by atoms with van der Waals surface area (Å²) >= 11 is 0. The lowest BCUT2D eigenvalue weighted by atomic mass is 10.1. The molecule has 128 valence electrons. The van der Waals surface area contributed by atoms with Crippen molar-refractivity contribution in [2.24, 2.45) is 0 Å². The van der Waals surface area contributed by atoms with Crippen molar-refractivity contribution in [3.63, 3.8) is 0 Å². The van der Waals surface area contributed by atoms with Gasteiger partial charge in [0.15, 0.2) is 0 Å². The van der Waals surface area contributed by atoms with Crippen LogP contribution in [-0.2, 0) is 12.6 Å². The van der Waals surface area contributed by atoms with Crippen molar-refractivity contribution in [1.29, 1.82) is 0 Å². The van der Waals surface area contributed by atoms with Crippen LogP contribution in [0.5, 0.6) is 0 Å².